The van der Waals surface area contributed by atoms with Gasteiger partial charge < -0.3 is 10.6 Å². The largest absolute Gasteiger partial charge is 0.357 e. The maximum atomic E-state index is 12.8. The van der Waals surface area contributed by atoms with Crippen LogP contribution in [-0.4, -0.2) is 27.2 Å². The van der Waals surface area contributed by atoms with Crippen molar-refractivity contribution in [2.45, 2.75) is 39.7 Å². The fourth-order valence-electron chi connectivity index (χ4n) is 3.23. The molecule has 1 amide bonds. The highest BCUT2D eigenvalue weighted by Gasteiger charge is 2.41. The molecule has 1 aromatic heterocycles. The third-order valence-corrected chi connectivity index (χ3v) is 4.21. The smallest absolute Gasteiger partial charge is 0.277 e. The molecule has 0 saturated carbocycles. The van der Waals surface area contributed by atoms with Gasteiger partial charge in [0.15, 0.2) is 0 Å². The zero-order chi connectivity index (χ0) is 19.0. The molecule has 1 atom stereocenters. The zero-order valence-electron chi connectivity index (χ0n) is 14.9. The number of allylic oxidation sites excluding steroid dienone is 3. The molecule has 1 aliphatic rings. The zero-order valence-corrected chi connectivity index (χ0v) is 14.9. The van der Waals surface area contributed by atoms with Crippen LogP contribution in [0.3, 0.4) is 0 Å². The van der Waals surface area contributed by atoms with Crippen LogP contribution >= 0.6 is 0 Å². The highest BCUT2D eigenvalue weighted by Crippen LogP contribution is 2.40. The Balaban J connectivity index is 2.25. The summed E-state index contributed by atoms with van der Waals surface area (Å²) in [6.45, 7) is 7.00. The monoisotopic (exact) mass is 357 g/mol. The molecule has 0 spiro atoms. The molecule has 3 rings (SSSR count). The molecule has 1 aliphatic heterocycles. The van der Waals surface area contributed by atoms with Gasteiger partial charge in [-0.2, -0.15) is 0 Å². The highest BCUT2D eigenvalue weighted by atomic mass is 16.6. The predicted molar refractivity (Wildman–Crippen MR) is 93.4 cm³/mol. The number of carbonyl (C=O) groups is 1. The summed E-state index contributed by atoms with van der Waals surface area (Å²) in [4.78, 5) is 24.2. The number of nitrogens with one attached hydrogen (secondary N) is 2. The molecule has 0 fully saturated rings. The van der Waals surface area contributed by atoms with Gasteiger partial charge in [-0.1, -0.05) is 12.1 Å². The molecular formula is C17H19N5O4. The van der Waals surface area contributed by atoms with E-state index < -0.39 is 10.8 Å². The first kappa shape index (κ1) is 17.6. The number of nitro groups is 1. The third-order valence-electron chi connectivity index (χ3n) is 4.21. The summed E-state index contributed by atoms with van der Waals surface area (Å²) < 4.78 is 4.79. The van der Waals surface area contributed by atoms with E-state index in [9.17, 15) is 14.9 Å². The normalized spacial score (nSPS) is 17.7. The number of amides is 1. The minimum atomic E-state index is -0.888. The Kier molecular flexibility index (Phi) is 4.45. The van der Waals surface area contributed by atoms with Crippen LogP contribution in [0.25, 0.3) is 11.0 Å². The van der Waals surface area contributed by atoms with E-state index in [4.69, 9.17) is 4.63 Å². The summed E-state index contributed by atoms with van der Waals surface area (Å²) in [7, 11) is 0. The Morgan fingerprint density at radius 1 is 1.31 bits per heavy atom. The molecular weight excluding hydrogens is 338 g/mol. The molecule has 9 nitrogen and oxygen atoms in total. The topological polar surface area (TPSA) is 123 Å². The van der Waals surface area contributed by atoms with Crippen LogP contribution in [0.5, 0.6) is 0 Å². The van der Waals surface area contributed by atoms with Gasteiger partial charge in [0.2, 0.25) is 5.91 Å². The van der Waals surface area contributed by atoms with E-state index in [1.165, 1.54) is 0 Å². The van der Waals surface area contributed by atoms with Crippen LogP contribution < -0.4 is 10.6 Å². The second kappa shape index (κ2) is 6.58. The number of carbonyl (C=O) groups excluding carboxylic acids is 1. The summed E-state index contributed by atoms with van der Waals surface area (Å²) >= 11 is 0. The number of nitrogens with zero attached hydrogens (tertiary/aromatic N) is 3. The maximum Gasteiger partial charge on any atom is 0.277 e. The number of hydrogen-bond acceptors (Lipinski definition) is 7. The van der Waals surface area contributed by atoms with Gasteiger partial charge in [-0.3, -0.25) is 14.9 Å². The van der Waals surface area contributed by atoms with E-state index in [1.807, 2.05) is 13.8 Å². The summed E-state index contributed by atoms with van der Waals surface area (Å²) in [5.74, 6) is -1.25. The Morgan fingerprint density at radius 3 is 2.69 bits per heavy atom. The van der Waals surface area contributed by atoms with Crippen LogP contribution in [0.1, 0.15) is 39.2 Å². The molecule has 0 bridgehead atoms. The summed E-state index contributed by atoms with van der Waals surface area (Å²) in [5, 5.41) is 25.3. The average molecular weight is 357 g/mol. The van der Waals surface area contributed by atoms with E-state index >= 15 is 0 Å². The Bertz CT molecular complexity index is 957. The van der Waals surface area contributed by atoms with Gasteiger partial charge in [0, 0.05) is 17.3 Å². The first-order valence-electron chi connectivity index (χ1n) is 8.16. The van der Waals surface area contributed by atoms with Crippen molar-refractivity contribution in [3.8, 4) is 0 Å². The number of hydrogen-bond donors (Lipinski definition) is 2. The molecule has 0 aliphatic carbocycles. The van der Waals surface area contributed by atoms with E-state index in [-0.39, 0.29) is 23.2 Å². The van der Waals surface area contributed by atoms with E-state index in [0.717, 1.165) is 0 Å². The van der Waals surface area contributed by atoms with Crippen molar-refractivity contribution in [1.29, 1.82) is 0 Å². The number of aromatic nitrogens is 2. The summed E-state index contributed by atoms with van der Waals surface area (Å²) in [5.41, 5.74) is 2.50. The molecule has 0 radical (unpaired) electrons. The lowest BCUT2D eigenvalue weighted by molar-refractivity contribution is -0.431. The summed E-state index contributed by atoms with van der Waals surface area (Å²) in [6, 6.07) is 5.00. The van der Waals surface area contributed by atoms with Crippen LogP contribution in [0, 0.1) is 10.1 Å². The second-order valence-electron chi connectivity index (χ2n) is 6.47. The Labute approximate surface area is 149 Å². The lowest BCUT2D eigenvalue weighted by atomic mass is 9.83. The van der Waals surface area contributed by atoms with Gasteiger partial charge in [0.05, 0.1) is 16.2 Å². The number of rotatable bonds is 4. The first-order valence-corrected chi connectivity index (χ1v) is 8.16. The molecule has 2 aromatic rings. The van der Waals surface area contributed by atoms with Gasteiger partial charge in [-0.15, -0.1) is 0 Å². The molecule has 9 heteroatoms. The Morgan fingerprint density at radius 2 is 2.04 bits per heavy atom. The molecule has 26 heavy (non-hydrogen) atoms. The van der Waals surface area contributed by atoms with Crippen LogP contribution in [0.2, 0.25) is 0 Å². The predicted octanol–water partition coefficient (Wildman–Crippen LogP) is 2.22. The minimum absolute atomic E-state index is 0.0972. The lowest BCUT2D eigenvalue weighted by Gasteiger charge is -2.27. The number of fused-ring (bicyclic) bond motifs is 1. The van der Waals surface area contributed by atoms with Crippen molar-refractivity contribution in [2.24, 2.45) is 0 Å². The van der Waals surface area contributed by atoms with Crippen molar-refractivity contribution < 1.29 is 14.3 Å². The fourth-order valence-corrected chi connectivity index (χ4v) is 3.23. The van der Waals surface area contributed by atoms with Crippen molar-refractivity contribution in [1.82, 2.24) is 20.9 Å². The number of dihydropyridines is 1. The van der Waals surface area contributed by atoms with Crippen LogP contribution in [0.4, 0.5) is 0 Å². The van der Waals surface area contributed by atoms with Crippen molar-refractivity contribution in [3.05, 3.63) is 56.5 Å². The van der Waals surface area contributed by atoms with Crippen LogP contribution in [0.15, 0.2) is 45.5 Å². The van der Waals surface area contributed by atoms with Crippen molar-refractivity contribution >= 4 is 16.9 Å². The molecule has 0 saturated heterocycles. The Hall–Kier alpha value is -3.23. The van der Waals surface area contributed by atoms with Gasteiger partial charge in [0.25, 0.3) is 5.70 Å². The molecule has 2 N–H and O–H groups in total. The lowest BCUT2D eigenvalue weighted by Crippen LogP contribution is -2.38. The average Bonchev–Trinajstić information content (AvgIpc) is 3.01. The summed E-state index contributed by atoms with van der Waals surface area (Å²) in [6.07, 6.45) is 0. The standard InChI is InChI=1S/C17H19N5O4/c1-8(2)18-17(23)13-9(3)19-10(4)16(22(24)25)14(13)11-6-5-7-12-15(11)21-26-20-12/h5-8,14,19H,1-4H3,(H,18,23)/t14-/m0/s1. The van der Waals surface area contributed by atoms with E-state index in [0.29, 0.717) is 28.0 Å². The van der Waals surface area contributed by atoms with Crippen LogP contribution in [-0.2, 0) is 4.79 Å². The SMILES string of the molecule is CC1=C(C(=O)NC(C)C)[C@H](c2cccc3nonc23)C([N+](=O)[O-])=C(C)N1. The minimum Gasteiger partial charge on any atom is -0.357 e. The van der Waals surface area contributed by atoms with Gasteiger partial charge in [-0.05, 0) is 44.1 Å². The third kappa shape index (κ3) is 2.92. The van der Waals surface area contributed by atoms with Crippen molar-refractivity contribution in [3.63, 3.8) is 0 Å². The van der Waals surface area contributed by atoms with Gasteiger partial charge >= 0.3 is 0 Å². The molecule has 1 aromatic carbocycles. The van der Waals surface area contributed by atoms with Crippen molar-refractivity contribution in [2.75, 3.05) is 0 Å². The second-order valence-corrected chi connectivity index (χ2v) is 6.47. The molecule has 136 valence electrons. The quantitative estimate of drug-likeness (QED) is 0.635. The van der Waals surface area contributed by atoms with E-state index in [1.54, 1.807) is 32.0 Å². The highest BCUT2D eigenvalue weighted by molar-refractivity contribution is 5.98. The first-order chi connectivity index (χ1) is 12.3. The number of benzene rings is 1. The van der Waals surface area contributed by atoms with Gasteiger partial charge in [-0.25, -0.2) is 4.63 Å². The fraction of sp³-hybridized carbons (Fsp3) is 0.353. The van der Waals surface area contributed by atoms with Gasteiger partial charge in [0.1, 0.15) is 17.0 Å². The maximum absolute atomic E-state index is 12.8. The molecule has 2 heterocycles. The van der Waals surface area contributed by atoms with E-state index in [2.05, 4.69) is 20.9 Å². The molecule has 0 unspecified atom stereocenters.